The first-order valence-electron chi connectivity index (χ1n) is 7.60. The van der Waals surface area contributed by atoms with Crippen molar-refractivity contribution in [3.8, 4) is 0 Å². The minimum absolute atomic E-state index is 0.306. The van der Waals surface area contributed by atoms with E-state index in [-0.39, 0.29) is 5.97 Å². The van der Waals surface area contributed by atoms with E-state index in [2.05, 4.69) is 11.1 Å². The predicted octanol–water partition coefficient (Wildman–Crippen LogP) is 4.45. The number of carbonyl (C=O) groups excluding carboxylic acids is 1. The van der Waals surface area contributed by atoms with Crippen molar-refractivity contribution in [2.75, 3.05) is 6.61 Å². The van der Waals surface area contributed by atoms with Crippen molar-refractivity contribution < 1.29 is 9.53 Å². The second kappa shape index (κ2) is 9.69. The Morgan fingerprint density at radius 3 is 2.59 bits per heavy atom. The summed E-state index contributed by atoms with van der Waals surface area (Å²) in [5.41, 5.74) is 0.448. The van der Waals surface area contributed by atoms with Crippen LogP contribution in [0.1, 0.15) is 39.5 Å². The molecule has 0 N–H and O–H groups in total. The average molecular weight is 341 g/mol. The summed E-state index contributed by atoms with van der Waals surface area (Å²) in [4.78, 5) is 11.2. The largest absolute Gasteiger partial charge is 0.462 e. The molecule has 0 fully saturated rings. The van der Waals surface area contributed by atoms with Crippen LogP contribution < -0.4 is 0 Å². The highest BCUT2D eigenvalue weighted by Gasteiger charge is 2.02. The molecule has 0 aliphatic carbocycles. The lowest BCUT2D eigenvalue weighted by Gasteiger charge is -2.11. The lowest BCUT2D eigenvalue weighted by molar-refractivity contribution is -0.139. The molecule has 1 rings (SSSR count). The van der Waals surface area contributed by atoms with Crippen molar-refractivity contribution in [1.82, 2.24) is 9.13 Å². The Labute approximate surface area is 142 Å². The summed E-state index contributed by atoms with van der Waals surface area (Å²) < 4.78 is 10.6. The van der Waals surface area contributed by atoms with Crippen LogP contribution in [-0.2, 0) is 22.6 Å². The second-order valence-electron chi connectivity index (χ2n) is 5.20. The average Bonchev–Trinajstić information content (AvgIpc) is 2.48. The van der Waals surface area contributed by atoms with Crippen molar-refractivity contribution in [2.45, 2.75) is 52.6 Å². The van der Waals surface area contributed by atoms with E-state index in [9.17, 15) is 4.79 Å². The molecule has 22 heavy (non-hydrogen) atoms. The number of unbranched alkanes of at least 4 members (excludes halogenated alkanes) is 3. The quantitative estimate of drug-likeness (QED) is 0.288. The van der Waals surface area contributed by atoms with Gasteiger partial charge >= 0.3 is 5.97 Å². The van der Waals surface area contributed by atoms with E-state index in [4.69, 9.17) is 29.2 Å². The molecule has 0 aromatic carbocycles. The SMILES string of the molecule is C=C(C)C(=O)OCCCCCCn1ccc(=S)n(CC)c1=S. The first-order chi connectivity index (χ1) is 10.5. The Balaban J connectivity index is 2.29. The zero-order chi connectivity index (χ0) is 16.5. The highest BCUT2D eigenvalue weighted by molar-refractivity contribution is 7.72. The summed E-state index contributed by atoms with van der Waals surface area (Å²) >= 11 is 10.7. The molecule has 1 aromatic heterocycles. The van der Waals surface area contributed by atoms with Crippen molar-refractivity contribution in [2.24, 2.45) is 0 Å². The molecule has 0 saturated carbocycles. The molecule has 0 aliphatic rings. The summed E-state index contributed by atoms with van der Waals surface area (Å²) in [5, 5.41) is 0. The van der Waals surface area contributed by atoms with Gasteiger partial charge in [0.1, 0.15) is 4.64 Å². The highest BCUT2D eigenvalue weighted by atomic mass is 32.1. The molecule has 0 bridgehead atoms. The van der Waals surface area contributed by atoms with Crippen LogP contribution in [0.5, 0.6) is 0 Å². The fourth-order valence-corrected chi connectivity index (χ4v) is 2.76. The van der Waals surface area contributed by atoms with Gasteiger partial charge in [-0.1, -0.05) is 25.2 Å². The standard InChI is InChI=1S/C16H24N2O2S2/c1-4-18-14(21)9-11-17(16(18)22)10-7-5-6-8-12-20-15(19)13(2)3/h9,11H,2,4-8,10,12H2,1,3H3. The number of aryl methyl sites for hydroxylation is 1. The minimum Gasteiger partial charge on any atom is -0.462 e. The lowest BCUT2D eigenvalue weighted by atomic mass is 10.2. The van der Waals surface area contributed by atoms with E-state index in [1.54, 1.807) is 6.92 Å². The van der Waals surface area contributed by atoms with E-state index in [1.807, 2.05) is 23.8 Å². The summed E-state index contributed by atoms with van der Waals surface area (Å²) in [7, 11) is 0. The number of carbonyl (C=O) groups is 1. The third-order valence-electron chi connectivity index (χ3n) is 3.33. The van der Waals surface area contributed by atoms with E-state index in [0.29, 0.717) is 12.2 Å². The van der Waals surface area contributed by atoms with Gasteiger partial charge in [-0.05, 0) is 51.4 Å². The molecule has 6 heteroatoms. The van der Waals surface area contributed by atoms with Gasteiger partial charge in [0.25, 0.3) is 0 Å². The minimum atomic E-state index is -0.306. The van der Waals surface area contributed by atoms with E-state index in [0.717, 1.165) is 48.2 Å². The number of nitrogens with zero attached hydrogens (tertiary/aromatic N) is 2. The highest BCUT2D eigenvalue weighted by Crippen LogP contribution is 2.06. The maximum atomic E-state index is 11.2. The normalized spacial score (nSPS) is 10.5. The maximum Gasteiger partial charge on any atom is 0.333 e. The second-order valence-corrected chi connectivity index (χ2v) is 5.99. The molecule has 4 nitrogen and oxygen atoms in total. The zero-order valence-electron chi connectivity index (χ0n) is 13.3. The van der Waals surface area contributed by atoms with E-state index < -0.39 is 0 Å². The molecule has 0 atom stereocenters. The van der Waals surface area contributed by atoms with Crippen LogP contribution in [0.15, 0.2) is 24.4 Å². The molecule has 0 spiro atoms. The maximum absolute atomic E-state index is 11.2. The van der Waals surface area contributed by atoms with E-state index >= 15 is 0 Å². The van der Waals surface area contributed by atoms with Crippen LogP contribution in [0.3, 0.4) is 0 Å². The summed E-state index contributed by atoms with van der Waals surface area (Å²) in [6, 6.07) is 1.92. The Hall–Kier alpha value is -1.27. The third kappa shape index (κ3) is 5.85. The summed E-state index contributed by atoms with van der Waals surface area (Å²) in [5.74, 6) is -0.306. The molecule has 122 valence electrons. The van der Waals surface area contributed by atoms with Crippen molar-refractivity contribution in [3.05, 3.63) is 33.8 Å². The van der Waals surface area contributed by atoms with Crippen molar-refractivity contribution >= 4 is 30.4 Å². The monoisotopic (exact) mass is 340 g/mol. The molecule has 0 unspecified atom stereocenters. The van der Waals surface area contributed by atoms with E-state index in [1.165, 1.54) is 0 Å². The Kier molecular flexibility index (Phi) is 8.27. The molecule has 1 aromatic rings. The van der Waals surface area contributed by atoms with Gasteiger partial charge in [-0.3, -0.25) is 0 Å². The van der Waals surface area contributed by atoms with Crippen LogP contribution in [0.2, 0.25) is 0 Å². The van der Waals surface area contributed by atoms with Gasteiger partial charge in [0.05, 0.1) is 6.61 Å². The molecule has 0 aliphatic heterocycles. The van der Waals surface area contributed by atoms with Crippen molar-refractivity contribution in [3.63, 3.8) is 0 Å². The third-order valence-corrected chi connectivity index (χ3v) is 4.14. The number of hydrogen-bond donors (Lipinski definition) is 0. The number of ether oxygens (including phenoxy) is 1. The molecule has 0 amide bonds. The summed E-state index contributed by atoms with van der Waals surface area (Å²) in [6.07, 6.45) is 6.00. The van der Waals surface area contributed by atoms with Crippen LogP contribution >= 0.6 is 24.4 Å². The fourth-order valence-electron chi connectivity index (χ4n) is 2.04. The first kappa shape index (κ1) is 18.8. The molecule has 1 heterocycles. The first-order valence-corrected chi connectivity index (χ1v) is 8.42. The number of aromatic nitrogens is 2. The topological polar surface area (TPSA) is 36.2 Å². The Bertz CT molecular complexity index is 632. The van der Waals surface area contributed by atoms with Gasteiger partial charge in [0.15, 0.2) is 4.77 Å². The molecule has 0 radical (unpaired) electrons. The fraction of sp³-hybridized carbons (Fsp3) is 0.562. The molecular formula is C16H24N2O2S2. The Morgan fingerprint density at radius 2 is 1.95 bits per heavy atom. The van der Waals surface area contributed by atoms with Crippen LogP contribution in [-0.4, -0.2) is 21.7 Å². The Morgan fingerprint density at radius 1 is 1.27 bits per heavy atom. The van der Waals surface area contributed by atoms with Gasteiger partial charge in [0.2, 0.25) is 0 Å². The molecule has 0 saturated heterocycles. The van der Waals surface area contributed by atoms with Gasteiger partial charge < -0.3 is 13.9 Å². The predicted molar refractivity (Wildman–Crippen MR) is 94.0 cm³/mol. The van der Waals surface area contributed by atoms with Crippen LogP contribution in [0, 0.1) is 9.41 Å². The lowest BCUT2D eigenvalue weighted by Crippen LogP contribution is -2.10. The van der Waals surface area contributed by atoms with Crippen LogP contribution in [0.4, 0.5) is 0 Å². The van der Waals surface area contributed by atoms with Gasteiger partial charge in [-0.2, -0.15) is 0 Å². The van der Waals surface area contributed by atoms with Gasteiger partial charge in [-0.15, -0.1) is 0 Å². The smallest absolute Gasteiger partial charge is 0.333 e. The van der Waals surface area contributed by atoms with Gasteiger partial charge in [-0.25, -0.2) is 4.79 Å². The molecular weight excluding hydrogens is 316 g/mol. The number of rotatable bonds is 9. The summed E-state index contributed by atoms with van der Waals surface area (Å²) in [6.45, 7) is 9.40. The number of hydrogen-bond acceptors (Lipinski definition) is 4. The van der Waals surface area contributed by atoms with Gasteiger partial charge in [0, 0.05) is 24.9 Å². The zero-order valence-corrected chi connectivity index (χ0v) is 15.0. The number of esters is 1. The van der Waals surface area contributed by atoms with Crippen molar-refractivity contribution in [1.29, 1.82) is 0 Å². The van der Waals surface area contributed by atoms with Crippen LogP contribution in [0.25, 0.3) is 0 Å².